The maximum atomic E-state index is 5.28. The minimum atomic E-state index is 0. The molecule has 1 aliphatic rings. The van der Waals surface area contributed by atoms with Crippen molar-refractivity contribution in [3.63, 3.8) is 0 Å². The van der Waals surface area contributed by atoms with Crippen molar-refractivity contribution in [3.8, 4) is 0 Å². The molecule has 0 bridgehead atoms. The van der Waals surface area contributed by atoms with Gasteiger partial charge in [0.15, 0.2) is 0 Å². The van der Waals surface area contributed by atoms with Crippen molar-refractivity contribution >= 4 is 5.69 Å². The molecule has 0 spiro atoms. The van der Waals surface area contributed by atoms with E-state index in [2.05, 4.69) is 29.2 Å². The van der Waals surface area contributed by atoms with Crippen molar-refractivity contribution in [3.05, 3.63) is 30.3 Å². The molecule has 0 aromatic heterocycles. The van der Waals surface area contributed by atoms with E-state index in [0.29, 0.717) is 0 Å². The van der Waals surface area contributed by atoms with Gasteiger partial charge in [0.1, 0.15) is 0 Å². The zero-order chi connectivity index (χ0) is 10.2. The highest BCUT2D eigenvalue weighted by Crippen LogP contribution is 2.13. The average Bonchev–Trinajstić information content (AvgIpc) is 2.34. The lowest BCUT2D eigenvalue weighted by molar-refractivity contribution is 0.122. The molecule has 2 rings (SSSR count). The van der Waals surface area contributed by atoms with Gasteiger partial charge < -0.3 is 9.64 Å². The third-order valence-corrected chi connectivity index (χ3v) is 2.13. The van der Waals surface area contributed by atoms with Gasteiger partial charge in [-0.2, -0.15) is 0 Å². The first-order valence-electron chi connectivity index (χ1n) is 5.34. The SMILES string of the molecule is C.CC.c1ccc(N2CCOCC2)cc1. The standard InChI is InChI=1S/C10H13NO.C2H6.CH4/c1-2-4-10(5-3-1)11-6-8-12-9-7-11;1-2;/h1-5H,6-9H2;1-2H3;1H4. The van der Waals surface area contributed by atoms with Crippen LogP contribution in [0.2, 0.25) is 0 Å². The van der Waals surface area contributed by atoms with E-state index in [1.54, 1.807) is 0 Å². The van der Waals surface area contributed by atoms with E-state index >= 15 is 0 Å². The third-order valence-electron chi connectivity index (χ3n) is 2.13. The Morgan fingerprint density at radius 3 is 2.07 bits per heavy atom. The molecule has 86 valence electrons. The monoisotopic (exact) mass is 209 g/mol. The molecule has 1 heterocycles. The quantitative estimate of drug-likeness (QED) is 0.704. The Balaban J connectivity index is 0.000000617. The Hall–Kier alpha value is -1.02. The second-order valence-corrected chi connectivity index (χ2v) is 2.93. The van der Waals surface area contributed by atoms with Gasteiger partial charge in [-0.3, -0.25) is 0 Å². The topological polar surface area (TPSA) is 12.5 Å². The van der Waals surface area contributed by atoms with Crippen LogP contribution in [0, 0.1) is 0 Å². The second kappa shape index (κ2) is 8.30. The molecule has 1 aliphatic heterocycles. The van der Waals surface area contributed by atoms with Crippen molar-refractivity contribution in [2.75, 3.05) is 31.2 Å². The van der Waals surface area contributed by atoms with Gasteiger partial charge in [0.2, 0.25) is 0 Å². The lowest BCUT2D eigenvalue weighted by atomic mass is 10.3. The summed E-state index contributed by atoms with van der Waals surface area (Å²) in [7, 11) is 0. The molecule has 1 aromatic carbocycles. The molecule has 0 saturated carbocycles. The number of benzene rings is 1. The highest BCUT2D eigenvalue weighted by molar-refractivity contribution is 5.46. The maximum Gasteiger partial charge on any atom is 0.0642 e. The fraction of sp³-hybridized carbons (Fsp3) is 0.538. The normalized spacial score (nSPS) is 14.7. The van der Waals surface area contributed by atoms with Crippen LogP contribution in [0.15, 0.2) is 30.3 Å². The first-order valence-corrected chi connectivity index (χ1v) is 5.34. The molecule has 0 amide bonds. The molecule has 0 unspecified atom stereocenters. The molecule has 0 N–H and O–H groups in total. The molecule has 1 aromatic rings. The highest BCUT2D eigenvalue weighted by atomic mass is 16.5. The first kappa shape index (κ1) is 14.0. The minimum absolute atomic E-state index is 0. The summed E-state index contributed by atoms with van der Waals surface area (Å²) in [6.45, 7) is 7.75. The molecule has 2 heteroatoms. The van der Waals surface area contributed by atoms with Crippen LogP contribution in [0.3, 0.4) is 0 Å². The summed E-state index contributed by atoms with van der Waals surface area (Å²) in [4.78, 5) is 2.35. The van der Waals surface area contributed by atoms with Crippen LogP contribution in [-0.4, -0.2) is 26.3 Å². The van der Waals surface area contributed by atoms with Crippen molar-refractivity contribution in [1.82, 2.24) is 0 Å². The molecule has 0 radical (unpaired) electrons. The van der Waals surface area contributed by atoms with Crippen molar-refractivity contribution in [1.29, 1.82) is 0 Å². The summed E-state index contributed by atoms with van der Waals surface area (Å²) >= 11 is 0. The second-order valence-electron chi connectivity index (χ2n) is 2.93. The lowest BCUT2D eigenvalue weighted by Crippen LogP contribution is -2.36. The third kappa shape index (κ3) is 4.34. The molecule has 1 saturated heterocycles. The Bertz CT molecular complexity index is 230. The smallest absolute Gasteiger partial charge is 0.0642 e. The van der Waals surface area contributed by atoms with E-state index in [9.17, 15) is 0 Å². The molecule has 1 fully saturated rings. The Labute approximate surface area is 93.9 Å². The van der Waals surface area contributed by atoms with E-state index in [0.717, 1.165) is 26.3 Å². The van der Waals surface area contributed by atoms with Crippen LogP contribution < -0.4 is 4.90 Å². The van der Waals surface area contributed by atoms with Crippen LogP contribution in [-0.2, 0) is 4.74 Å². The Morgan fingerprint density at radius 1 is 1.00 bits per heavy atom. The van der Waals surface area contributed by atoms with Gasteiger partial charge >= 0.3 is 0 Å². The summed E-state index contributed by atoms with van der Waals surface area (Å²) in [6, 6.07) is 10.5. The molecule has 2 nitrogen and oxygen atoms in total. The molecule has 0 atom stereocenters. The number of rotatable bonds is 1. The van der Waals surface area contributed by atoms with E-state index in [4.69, 9.17) is 4.74 Å². The lowest BCUT2D eigenvalue weighted by Gasteiger charge is -2.28. The van der Waals surface area contributed by atoms with Crippen molar-refractivity contribution in [2.24, 2.45) is 0 Å². The van der Waals surface area contributed by atoms with Gasteiger partial charge in [0.05, 0.1) is 13.2 Å². The Kier molecular flexibility index (Phi) is 7.74. The summed E-state index contributed by atoms with van der Waals surface area (Å²) in [6.07, 6.45) is 0. The zero-order valence-corrected chi connectivity index (χ0v) is 9.07. The fourth-order valence-corrected chi connectivity index (χ4v) is 1.46. The first-order chi connectivity index (χ1) is 6.97. The Morgan fingerprint density at radius 2 is 1.53 bits per heavy atom. The summed E-state index contributed by atoms with van der Waals surface area (Å²) in [5.74, 6) is 0. The van der Waals surface area contributed by atoms with E-state index in [1.807, 2.05) is 19.9 Å². The molecular weight excluding hydrogens is 186 g/mol. The number of hydrogen-bond donors (Lipinski definition) is 0. The summed E-state index contributed by atoms with van der Waals surface area (Å²) < 4.78 is 5.28. The van der Waals surface area contributed by atoms with Gasteiger partial charge in [-0.05, 0) is 12.1 Å². The number of para-hydroxylation sites is 1. The summed E-state index contributed by atoms with van der Waals surface area (Å²) in [5, 5.41) is 0. The maximum absolute atomic E-state index is 5.28. The highest BCUT2D eigenvalue weighted by Gasteiger charge is 2.09. The van der Waals surface area contributed by atoms with Crippen LogP contribution in [0.5, 0.6) is 0 Å². The molecular formula is C13H23NO. The van der Waals surface area contributed by atoms with Crippen LogP contribution in [0.25, 0.3) is 0 Å². The molecule has 0 aliphatic carbocycles. The number of hydrogen-bond acceptors (Lipinski definition) is 2. The predicted octanol–water partition coefficient (Wildman–Crippen LogP) is 3.19. The number of anilines is 1. The minimum Gasteiger partial charge on any atom is -0.378 e. The largest absolute Gasteiger partial charge is 0.378 e. The van der Waals surface area contributed by atoms with Gasteiger partial charge in [-0.1, -0.05) is 39.5 Å². The van der Waals surface area contributed by atoms with E-state index < -0.39 is 0 Å². The average molecular weight is 209 g/mol. The zero-order valence-electron chi connectivity index (χ0n) is 9.07. The van der Waals surface area contributed by atoms with Crippen LogP contribution >= 0.6 is 0 Å². The summed E-state index contributed by atoms with van der Waals surface area (Å²) in [5.41, 5.74) is 1.31. The number of ether oxygens (including phenoxy) is 1. The van der Waals surface area contributed by atoms with E-state index in [-0.39, 0.29) is 7.43 Å². The van der Waals surface area contributed by atoms with Gasteiger partial charge in [0, 0.05) is 18.8 Å². The van der Waals surface area contributed by atoms with Gasteiger partial charge in [-0.15, -0.1) is 0 Å². The predicted molar refractivity (Wildman–Crippen MR) is 67.6 cm³/mol. The van der Waals surface area contributed by atoms with Crippen molar-refractivity contribution < 1.29 is 4.74 Å². The van der Waals surface area contributed by atoms with Gasteiger partial charge in [-0.25, -0.2) is 0 Å². The number of morpholine rings is 1. The van der Waals surface area contributed by atoms with Crippen LogP contribution in [0.4, 0.5) is 5.69 Å². The van der Waals surface area contributed by atoms with Crippen LogP contribution in [0.1, 0.15) is 21.3 Å². The van der Waals surface area contributed by atoms with Gasteiger partial charge in [0.25, 0.3) is 0 Å². The van der Waals surface area contributed by atoms with E-state index in [1.165, 1.54) is 5.69 Å². The fourth-order valence-electron chi connectivity index (χ4n) is 1.46. The van der Waals surface area contributed by atoms with Crippen molar-refractivity contribution in [2.45, 2.75) is 21.3 Å². The molecule has 15 heavy (non-hydrogen) atoms. The number of nitrogens with zero attached hydrogens (tertiary/aromatic N) is 1.